The van der Waals surface area contributed by atoms with E-state index in [4.69, 9.17) is 11.6 Å². The Labute approximate surface area is 158 Å². The van der Waals surface area contributed by atoms with Gasteiger partial charge in [-0.15, -0.1) is 12.4 Å². The summed E-state index contributed by atoms with van der Waals surface area (Å²) >= 11 is 6.04. The van der Waals surface area contributed by atoms with E-state index in [-0.39, 0.29) is 29.8 Å². The van der Waals surface area contributed by atoms with Gasteiger partial charge in [-0.2, -0.15) is 4.31 Å². The number of piperazine rings is 1. The van der Waals surface area contributed by atoms with Crippen molar-refractivity contribution in [2.45, 2.75) is 11.8 Å². The zero-order chi connectivity index (χ0) is 17.2. The molecule has 0 saturated carbocycles. The number of benzene rings is 2. The molecule has 25 heavy (non-hydrogen) atoms. The van der Waals surface area contributed by atoms with Gasteiger partial charge in [0.2, 0.25) is 10.0 Å². The van der Waals surface area contributed by atoms with E-state index in [1.165, 1.54) is 16.4 Å². The molecule has 2 aromatic carbocycles. The summed E-state index contributed by atoms with van der Waals surface area (Å²) in [4.78, 5) is 0. The van der Waals surface area contributed by atoms with Crippen molar-refractivity contribution in [3.63, 3.8) is 0 Å². The van der Waals surface area contributed by atoms with Crippen LogP contribution < -0.4 is 5.32 Å². The molecule has 2 aromatic rings. The first-order valence-corrected chi connectivity index (χ1v) is 9.65. The number of hydrogen-bond donors (Lipinski definition) is 1. The Bertz CT molecular complexity index is 833. The van der Waals surface area contributed by atoms with E-state index in [1.807, 2.05) is 6.07 Å². The Morgan fingerprint density at radius 3 is 2.68 bits per heavy atom. The van der Waals surface area contributed by atoms with Gasteiger partial charge in [0.15, 0.2) is 0 Å². The molecule has 1 unspecified atom stereocenters. The van der Waals surface area contributed by atoms with Crippen molar-refractivity contribution in [3.8, 4) is 0 Å². The first-order chi connectivity index (χ1) is 11.5. The molecule has 0 spiro atoms. The van der Waals surface area contributed by atoms with Gasteiger partial charge in [0, 0.05) is 30.2 Å². The van der Waals surface area contributed by atoms with Gasteiger partial charge in [-0.05, 0) is 23.8 Å². The maximum atomic E-state index is 13.8. The molecule has 3 rings (SSSR count). The minimum Gasteiger partial charge on any atom is -0.313 e. The topological polar surface area (TPSA) is 49.4 Å². The van der Waals surface area contributed by atoms with E-state index >= 15 is 0 Å². The molecule has 1 aliphatic rings. The van der Waals surface area contributed by atoms with Crippen molar-refractivity contribution >= 4 is 34.0 Å². The molecule has 0 bridgehead atoms. The van der Waals surface area contributed by atoms with Gasteiger partial charge < -0.3 is 5.32 Å². The summed E-state index contributed by atoms with van der Waals surface area (Å²) in [6.45, 7) is 1.40. The molecular weight excluding hydrogens is 386 g/mol. The minimum atomic E-state index is -3.66. The van der Waals surface area contributed by atoms with E-state index in [0.717, 1.165) is 5.56 Å². The SMILES string of the molecule is Cl.O=S(=O)(Cc1ccccc1F)N1CCNCC1c1cccc(Cl)c1. The van der Waals surface area contributed by atoms with Gasteiger partial charge in [-0.1, -0.05) is 41.9 Å². The fraction of sp³-hybridized carbons (Fsp3) is 0.294. The van der Waals surface area contributed by atoms with Crippen molar-refractivity contribution in [1.29, 1.82) is 0 Å². The van der Waals surface area contributed by atoms with Crippen molar-refractivity contribution in [2.75, 3.05) is 19.6 Å². The van der Waals surface area contributed by atoms with Crippen molar-refractivity contribution in [3.05, 3.63) is 70.5 Å². The molecule has 1 atom stereocenters. The normalized spacial score (nSPS) is 18.6. The highest BCUT2D eigenvalue weighted by atomic mass is 35.5. The molecule has 1 N–H and O–H groups in total. The first kappa shape index (κ1) is 20.1. The predicted molar refractivity (Wildman–Crippen MR) is 100 cm³/mol. The summed E-state index contributed by atoms with van der Waals surface area (Å²) in [6.07, 6.45) is 0. The van der Waals surface area contributed by atoms with E-state index in [2.05, 4.69) is 5.32 Å². The summed E-state index contributed by atoms with van der Waals surface area (Å²) in [5.74, 6) is -0.855. The Morgan fingerprint density at radius 2 is 1.96 bits per heavy atom. The van der Waals surface area contributed by atoms with Crippen LogP contribution in [-0.4, -0.2) is 32.4 Å². The molecule has 4 nitrogen and oxygen atoms in total. The zero-order valence-corrected chi connectivity index (χ0v) is 15.7. The number of sulfonamides is 1. The smallest absolute Gasteiger partial charge is 0.219 e. The van der Waals surface area contributed by atoms with Gasteiger partial charge in [0.1, 0.15) is 5.82 Å². The second kappa shape index (κ2) is 8.47. The Kier molecular flexibility index (Phi) is 6.82. The molecule has 8 heteroatoms. The molecule has 1 fully saturated rings. The summed E-state index contributed by atoms with van der Waals surface area (Å²) in [5.41, 5.74) is 1.01. The number of rotatable bonds is 4. The van der Waals surface area contributed by atoms with Crippen molar-refractivity contribution in [2.24, 2.45) is 0 Å². The average molecular weight is 405 g/mol. The Morgan fingerprint density at radius 1 is 1.20 bits per heavy atom. The molecule has 0 amide bonds. The standard InChI is InChI=1S/C17H18ClFN2O2S.ClH/c18-15-6-3-5-13(10-15)17-11-20-8-9-21(17)24(22,23)12-14-4-1-2-7-16(14)19;/h1-7,10,17,20H,8-9,11-12H2;1H. The number of nitrogens with zero attached hydrogens (tertiary/aromatic N) is 1. The molecule has 1 heterocycles. The maximum Gasteiger partial charge on any atom is 0.219 e. The lowest BCUT2D eigenvalue weighted by atomic mass is 10.1. The lowest BCUT2D eigenvalue weighted by molar-refractivity contribution is 0.271. The summed E-state index contributed by atoms with van der Waals surface area (Å²) in [5, 5.41) is 3.77. The largest absolute Gasteiger partial charge is 0.313 e. The monoisotopic (exact) mass is 404 g/mol. The van der Waals surface area contributed by atoms with Crippen LogP contribution in [0.3, 0.4) is 0 Å². The van der Waals surface area contributed by atoms with E-state index in [1.54, 1.807) is 30.3 Å². The van der Waals surface area contributed by atoms with Crippen molar-refractivity contribution < 1.29 is 12.8 Å². The second-order valence-electron chi connectivity index (χ2n) is 5.73. The second-order valence-corrected chi connectivity index (χ2v) is 8.09. The number of halogens is 3. The molecular formula is C17H19Cl2FN2O2S. The Balaban J connectivity index is 0.00000225. The van der Waals surface area contributed by atoms with Crippen LogP contribution in [0.15, 0.2) is 48.5 Å². The zero-order valence-electron chi connectivity index (χ0n) is 13.4. The van der Waals surface area contributed by atoms with Crippen LogP contribution in [0.25, 0.3) is 0 Å². The van der Waals surface area contributed by atoms with Gasteiger partial charge in [-0.25, -0.2) is 12.8 Å². The number of hydrogen-bond acceptors (Lipinski definition) is 3. The summed E-state index contributed by atoms with van der Waals surface area (Å²) in [6, 6.07) is 12.8. The summed E-state index contributed by atoms with van der Waals surface area (Å²) < 4.78 is 41.0. The van der Waals surface area contributed by atoms with Crippen LogP contribution in [0.5, 0.6) is 0 Å². The molecule has 1 aliphatic heterocycles. The molecule has 1 saturated heterocycles. The maximum absolute atomic E-state index is 13.8. The first-order valence-electron chi connectivity index (χ1n) is 7.66. The third-order valence-corrected chi connectivity index (χ3v) is 6.14. The van der Waals surface area contributed by atoms with Crippen LogP contribution >= 0.6 is 24.0 Å². The highest BCUT2D eigenvalue weighted by molar-refractivity contribution is 7.88. The fourth-order valence-electron chi connectivity index (χ4n) is 2.91. The van der Waals surface area contributed by atoms with Gasteiger partial charge >= 0.3 is 0 Å². The van der Waals surface area contributed by atoms with Crippen LogP contribution in [0.1, 0.15) is 17.2 Å². The quantitative estimate of drug-likeness (QED) is 0.849. The highest BCUT2D eigenvalue weighted by Crippen LogP contribution is 2.28. The highest BCUT2D eigenvalue weighted by Gasteiger charge is 2.33. The minimum absolute atomic E-state index is 0. The van der Waals surface area contributed by atoms with Crippen LogP contribution in [0.4, 0.5) is 4.39 Å². The molecule has 0 radical (unpaired) electrons. The van der Waals surface area contributed by atoms with Crippen LogP contribution in [0, 0.1) is 5.82 Å². The van der Waals surface area contributed by atoms with Crippen LogP contribution in [0.2, 0.25) is 5.02 Å². The van der Waals surface area contributed by atoms with E-state index in [9.17, 15) is 12.8 Å². The van der Waals surface area contributed by atoms with Crippen LogP contribution in [-0.2, 0) is 15.8 Å². The van der Waals surface area contributed by atoms with Gasteiger partial charge in [-0.3, -0.25) is 0 Å². The third kappa shape index (κ3) is 4.71. The third-order valence-electron chi connectivity index (χ3n) is 4.08. The summed E-state index contributed by atoms with van der Waals surface area (Å²) in [7, 11) is -3.66. The molecule has 0 aromatic heterocycles. The molecule has 136 valence electrons. The Hall–Kier alpha value is -1.18. The van der Waals surface area contributed by atoms with Gasteiger partial charge in [0.05, 0.1) is 11.8 Å². The predicted octanol–water partition coefficient (Wildman–Crippen LogP) is 3.38. The van der Waals surface area contributed by atoms with E-state index < -0.39 is 15.8 Å². The molecule has 0 aliphatic carbocycles. The average Bonchev–Trinajstić information content (AvgIpc) is 2.57. The number of nitrogens with one attached hydrogen (secondary N) is 1. The lowest BCUT2D eigenvalue weighted by Crippen LogP contribution is -2.49. The van der Waals surface area contributed by atoms with E-state index in [0.29, 0.717) is 24.7 Å². The van der Waals surface area contributed by atoms with Gasteiger partial charge in [0.25, 0.3) is 0 Å². The van der Waals surface area contributed by atoms with Crippen molar-refractivity contribution in [1.82, 2.24) is 9.62 Å². The fourth-order valence-corrected chi connectivity index (χ4v) is 4.86. The lowest BCUT2D eigenvalue weighted by Gasteiger charge is -2.35.